The molecule has 0 fully saturated rings. The number of hydrogen-bond donors (Lipinski definition) is 1. The van der Waals surface area contributed by atoms with Crippen molar-refractivity contribution in [2.75, 3.05) is 34.4 Å². The molecule has 1 aliphatic heterocycles. The van der Waals surface area contributed by atoms with E-state index in [2.05, 4.69) is 16.0 Å². The van der Waals surface area contributed by atoms with Crippen LogP contribution in [0.3, 0.4) is 0 Å². The molecular formula is C26H31N5O5. The van der Waals surface area contributed by atoms with E-state index in [1.54, 1.807) is 32.1 Å². The Kier molecular flexibility index (Phi) is 7.14. The Balaban J connectivity index is 1.48. The summed E-state index contributed by atoms with van der Waals surface area (Å²) in [5.41, 5.74) is 10.6. The maximum absolute atomic E-state index is 13.1. The Morgan fingerprint density at radius 3 is 2.33 bits per heavy atom. The van der Waals surface area contributed by atoms with Crippen molar-refractivity contribution in [1.82, 2.24) is 19.3 Å². The van der Waals surface area contributed by atoms with Crippen molar-refractivity contribution in [1.29, 1.82) is 0 Å². The van der Waals surface area contributed by atoms with Crippen LogP contribution in [0.25, 0.3) is 11.2 Å². The first-order chi connectivity index (χ1) is 17.3. The lowest BCUT2D eigenvalue weighted by Crippen LogP contribution is -2.35. The normalized spacial score (nSPS) is 13.5. The maximum Gasteiger partial charge on any atom is 0.271 e. The van der Waals surface area contributed by atoms with Gasteiger partial charge in [-0.05, 0) is 37.8 Å². The minimum Gasteiger partial charge on any atom is -0.496 e. The van der Waals surface area contributed by atoms with E-state index in [9.17, 15) is 9.59 Å². The molecule has 0 spiro atoms. The van der Waals surface area contributed by atoms with Gasteiger partial charge in [-0.1, -0.05) is 6.08 Å². The van der Waals surface area contributed by atoms with Crippen molar-refractivity contribution in [2.24, 2.45) is 5.73 Å². The molecule has 0 bridgehead atoms. The topological polar surface area (TPSA) is 121 Å². The summed E-state index contributed by atoms with van der Waals surface area (Å²) in [6.07, 6.45) is 5.17. The Morgan fingerprint density at radius 2 is 1.78 bits per heavy atom. The number of hydrogen-bond acceptors (Lipinski definition) is 7. The fourth-order valence-corrected chi connectivity index (χ4v) is 4.70. The number of methoxy groups -OCH3 is 3. The summed E-state index contributed by atoms with van der Waals surface area (Å²) in [5, 5.41) is 0. The van der Waals surface area contributed by atoms with E-state index in [1.807, 2.05) is 30.9 Å². The standard InChI is InChI=1S/C26H31N5O5/c1-15-19(16(2)31-14-28-24(25(27)33)26(31)29-15)6-7-22(32)30-10-8-17(9-11-30)23-20(35-4)12-18(34-3)13-21(23)36-5/h8,12-14H,6-7,9-11H2,1-5H3,(H2,27,33). The number of benzene rings is 1. The Morgan fingerprint density at radius 1 is 1.08 bits per heavy atom. The number of nitrogens with two attached hydrogens (primary N) is 1. The summed E-state index contributed by atoms with van der Waals surface area (Å²) < 4.78 is 18.3. The van der Waals surface area contributed by atoms with Gasteiger partial charge in [-0.2, -0.15) is 0 Å². The number of fused-ring (bicyclic) bond motifs is 1. The van der Waals surface area contributed by atoms with Crippen LogP contribution in [0.4, 0.5) is 0 Å². The highest BCUT2D eigenvalue weighted by Crippen LogP contribution is 2.40. The zero-order valence-electron chi connectivity index (χ0n) is 21.3. The van der Waals surface area contributed by atoms with Crippen molar-refractivity contribution < 1.29 is 23.8 Å². The summed E-state index contributed by atoms with van der Waals surface area (Å²) in [4.78, 5) is 35.1. The largest absolute Gasteiger partial charge is 0.496 e. The third kappa shape index (κ3) is 4.58. The number of nitrogens with zero attached hydrogens (tertiary/aromatic N) is 4. The number of ether oxygens (including phenoxy) is 3. The zero-order valence-corrected chi connectivity index (χ0v) is 21.3. The highest BCUT2D eigenvalue weighted by atomic mass is 16.5. The summed E-state index contributed by atoms with van der Waals surface area (Å²) in [6.45, 7) is 4.91. The highest BCUT2D eigenvalue weighted by Gasteiger charge is 2.24. The van der Waals surface area contributed by atoms with E-state index in [0.717, 1.165) is 28.1 Å². The lowest BCUT2D eigenvalue weighted by molar-refractivity contribution is -0.130. The number of imidazole rings is 1. The summed E-state index contributed by atoms with van der Waals surface area (Å²) in [5.74, 6) is 1.45. The van der Waals surface area contributed by atoms with Crippen LogP contribution in [0.5, 0.6) is 17.2 Å². The first-order valence-electron chi connectivity index (χ1n) is 11.7. The molecule has 10 heteroatoms. The Hall–Kier alpha value is -4.08. The van der Waals surface area contributed by atoms with Gasteiger partial charge in [-0.3, -0.25) is 14.0 Å². The minimum atomic E-state index is -0.617. The first kappa shape index (κ1) is 25.0. The van der Waals surface area contributed by atoms with E-state index in [0.29, 0.717) is 55.2 Å². The van der Waals surface area contributed by atoms with Crippen LogP contribution >= 0.6 is 0 Å². The number of carbonyl (C=O) groups is 2. The van der Waals surface area contributed by atoms with Gasteiger partial charge in [0.1, 0.15) is 23.6 Å². The number of amides is 2. The summed E-state index contributed by atoms with van der Waals surface area (Å²) in [7, 11) is 4.83. The molecule has 0 saturated heterocycles. The van der Waals surface area contributed by atoms with Crippen molar-refractivity contribution in [3.05, 3.63) is 52.7 Å². The molecule has 2 aromatic heterocycles. The molecule has 0 unspecified atom stereocenters. The van der Waals surface area contributed by atoms with Gasteiger partial charge in [0.15, 0.2) is 11.3 Å². The second-order valence-electron chi connectivity index (χ2n) is 8.64. The molecule has 4 rings (SSSR count). The molecule has 36 heavy (non-hydrogen) atoms. The van der Waals surface area contributed by atoms with Crippen LogP contribution in [0.15, 0.2) is 24.5 Å². The quantitative estimate of drug-likeness (QED) is 0.512. The molecule has 0 saturated carbocycles. The molecule has 190 valence electrons. The van der Waals surface area contributed by atoms with Crippen LogP contribution < -0.4 is 19.9 Å². The predicted molar refractivity (Wildman–Crippen MR) is 135 cm³/mol. The Bertz CT molecular complexity index is 1340. The average molecular weight is 494 g/mol. The van der Waals surface area contributed by atoms with Gasteiger partial charge in [0.2, 0.25) is 5.91 Å². The molecule has 0 aliphatic carbocycles. The Labute approximate surface area is 209 Å². The number of aryl methyl sites for hydroxylation is 2. The van der Waals surface area contributed by atoms with E-state index in [4.69, 9.17) is 19.9 Å². The molecule has 3 aromatic rings. The smallest absolute Gasteiger partial charge is 0.271 e. The number of primary amides is 1. The number of carbonyl (C=O) groups excluding carboxylic acids is 2. The van der Waals surface area contributed by atoms with Crippen LogP contribution in [-0.2, 0) is 11.2 Å². The molecule has 0 atom stereocenters. The number of rotatable bonds is 8. The van der Waals surface area contributed by atoms with Gasteiger partial charge in [-0.25, -0.2) is 9.97 Å². The van der Waals surface area contributed by atoms with Crippen molar-refractivity contribution in [2.45, 2.75) is 33.1 Å². The monoisotopic (exact) mass is 493 g/mol. The third-order valence-corrected chi connectivity index (χ3v) is 6.67. The van der Waals surface area contributed by atoms with E-state index >= 15 is 0 Å². The lowest BCUT2D eigenvalue weighted by Gasteiger charge is -2.28. The molecule has 2 N–H and O–H groups in total. The van der Waals surface area contributed by atoms with Gasteiger partial charge >= 0.3 is 0 Å². The first-order valence-corrected chi connectivity index (χ1v) is 11.7. The summed E-state index contributed by atoms with van der Waals surface area (Å²) in [6, 6.07) is 3.66. The fraction of sp³-hybridized carbons (Fsp3) is 0.385. The molecule has 3 heterocycles. The third-order valence-electron chi connectivity index (χ3n) is 6.67. The average Bonchev–Trinajstić information content (AvgIpc) is 3.31. The zero-order chi connectivity index (χ0) is 26.0. The lowest BCUT2D eigenvalue weighted by atomic mass is 9.96. The summed E-state index contributed by atoms with van der Waals surface area (Å²) >= 11 is 0. The van der Waals surface area contributed by atoms with Gasteiger partial charge in [0, 0.05) is 43.0 Å². The molecule has 0 radical (unpaired) electrons. The highest BCUT2D eigenvalue weighted by molar-refractivity contribution is 5.96. The fourth-order valence-electron chi connectivity index (χ4n) is 4.70. The van der Waals surface area contributed by atoms with E-state index in [1.165, 1.54) is 0 Å². The maximum atomic E-state index is 13.1. The molecule has 2 amide bonds. The van der Waals surface area contributed by atoms with Crippen molar-refractivity contribution in [3.63, 3.8) is 0 Å². The second kappa shape index (κ2) is 10.3. The van der Waals surface area contributed by atoms with Gasteiger partial charge < -0.3 is 24.8 Å². The van der Waals surface area contributed by atoms with E-state index < -0.39 is 5.91 Å². The SMILES string of the molecule is COc1cc(OC)c(C2=CCN(C(=O)CCc3c(C)nc4c(C(N)=O)ncn4c3C)CC2)c(OC)c1. The van der Waals surface area contributed by atoms with Gasteiger partial charge in [-0.15, -0.1) is 0 Å². The van der Waals surface area contributed by atoms with Gasteiger partial charge in [0.25, 0.3) is 5.91 Å². The number of aromatic nitrogens is 3. The van der Waals surface area contributed by atoms with E-state index in [-0.39, 0.29) is 11.6 Å². The van der Waals surface area contributed by atoms with Crippen LogP contribution in [0.2, 0.25) is 0 Å². The molecule has 1 aliphatic rings. The van der Waals surface area contributed by atoms with Crippen molar-refractivity contribution in [3.8, 4) is 17.2 Å². The van der Waals surface area contributed by atoms with Gasteiger partial charge in [0.05, 0.1) is 26.9 Å². The van der Waals surface area contributed by atoms with Crippen molar-refractivity contribution >= 4 is 23.0 Å². The second-order valence-corrected chi connectivity index (χ2v) is 8.64. The molecular weight excluding hydrogens is 462 g/mol. The predicted octanol–water partition coefficient (Wildman–Crippen LogP) is 2.72. The van der Waals surface area contributed by atoms with Crippen LogP contribution in [0, 0.1) is 13.8 Å². The molecule has 1 aromatic carbocycles. The minimum absolute atomic E-state index is 0.0707. The molecule has 10 nitrogen and oxygen atoms in total. The van der Waals surface area contributed by atoms with Crippen LogP contribution in [-0.4, -0.2) is 65.5 Å². The van der Waals surface area contributed by atoms with Crippen LogP contribution in [0.1, 0.15) is 45.8 Å².